The molecular weight excluding hydrogens is 363 g/mol. The number of rotatable bonds is 4. The molecule has 3 aromatic rings. The normalized spacial score (nSPS) is 11.1. The quantitative estimate of drug-likeness (QED) is 0.697. The zero-order valence-electron chi connectivity index (χ0n) is 13.9. The number of aromatic amines is 1. The van der Waals surface area contributed by atoms with Gasteiger partial charge in [-0.1, -0.05) is 37.0 Å². The molecule has 25 heavy (non-hydrogen) atoms. The van der Waals surface area contributed by atoms with E-state index in [-0.39, 0.29) is 11.8 Å². The number of furan rings is 1. The highest BCUT2D eigenvalue weighted by atomic mass is 35.5. The molecule has 2 N–H and O–H groups in total. The number of amides is 1. The zero-order valence-corrected chi connectivity index (χ0v) is 15.5. The van der Waals surface area contributed by atoms with Crippen molar-refractivity contribution in [2.24, 2.45) is 0 Å². The maximum Gasteiger partial charge on any atom is 0.256 e. The SMILES string of the molecule is COc1ccc(C(=O)Nc2c(Cl)c[nH+]cc2Cl)c2cc(C(C)C)oc12. The lowest BCUT2D eigenvalue weighted by Crippen LogP contribution is -2.14. The van der Waals surface area contributed by atoms with Crippen molar-refractivity contribution in [2.45, 2.75) is 19.8 Å². The van der Waals surface area contributed by atoms with Crippen molar-refractivity contribution >= 4 is 45.8 Å². The molecule has 0 aliphatic carbocycles. The van der Waals surface area contributed by atoms with Crippen molar-refractivity contribution in [3.8, 4) is 5.75 Å². The number of nitrogens with one attached hydrogen (secondary N) is 2. The minimum Gasteiger partial charge on any atom is -0.493 e. The first-order chi connectivity index (χ1) is 11.9. The minimum atomic E-state index is -0.334. The molecule has 0 fully saturated rings. The number of carbonyl (C=O) groups excluding carboxylic acids is 1. The van der Waals surface area contributed by atoms with Crippen LogP contribution in [0.4, 0.5) is 5.69 Å². The van der Waals surface area contributed by atoms with Crippen LogP contribution in [0.2, 0.25) is 10.0 Å². The predicted molar refractivity (Wildman–Crippen MR) is 97.8 cm³/mol. The molecule has 0 atom stereocenters. The smallest absolute Gasteiger partial charge is 0.256 e. The lowest BCUT2D eigenvalue weighted by Gasteiger charge is -2.09. The molecule has 5 nitrogen and oxygen atoms in total. The van der Waals surface area contributed by atoms with Gasteiger partial charge in [0, 0.05) is 11.3 Å². The third-order valence-corrected chi connectivity index (χ3v) is 4.43. The molecule has 0 bridgehead atoms. The van der Waals surface area contributed by atoms with E-state index >= 15 is 0 Å². The average molecular weight is 380 g/mol. The van der Waals surface area contributed by atoms with Crippen LogP contribution in [0.25, 0.3) is 11.0 Å². The van der Waals surface area contributed by atoms with E-state index in [1.807, 2.05) is 19.9 Å². The highest BCUT2D eigenvalue weighted by Crippen LogP contribution is 2.35. The van der Waals surface area contributed by atoms with Gasteiger partial charge in [-0.2, -0.15) is 0 Å². The van der Waals surface area contributed by atoms with Crippen molar-refractivity contribution < 1.29 is 18.9 Å². The molecule has 0 saturated carbocycles. The highest BCUT2D eigenvalue weighted by Gasteiger charge is 2.20. The Kier molecular flexibility index (Phi) is 4.88. The van der Waals surface area contributed by atoms with E-state index in [9.17, 15) is 4.79 Å². The van der Waals surface area contributed by atoms with Gasteiger partial charge in [0.1, 0.15) is 15.8 Å². The fourth-order valence-corrected chi connectivity index (χ4v) is 2.98. The molecule has 0 saturated heterocycles. The number of pyridine rings is 1. The van der Waals surface area contributed by atoms with E-state index in [0.717, 1.165) is 5.76 Å². The third-order valence-electron chi connectivity index (χ3n) is 3.84. The van der Waals surface area contributed by atoms with Crippen LogP contribution in [0.5, 0.6) is 5.75 Å². The summed E-state index contributed by atoms with van der Waals surface area (Å²) in [5, 5.41) is 4.07. The second kappa shape index (κ2) is 6.94. The first-order valence-corrected chi connectivity index (χ1v) is 8.44. The topological polar surface area (TPSA) is 65.6 Å². The van der Waals surface area contributed by atoms with Gasteiger partial charge in [0.15, 0.2) is 23.7 Å². The lowest BCUT2D eigenvalue weighted by molar-refractivity contribution is -0.377. The van der Waals surface area contributed by atoms with Crippen LogP contribution in [0.1, 0.15) is 35.9 Å². The van der Waals surface area contributed by atoms with Crippen molar-refractivity contribution in [3.63, 3.8) is 0 Å². The van der Waals surface area contributed by atoms with Crippen molar-refractivity contribution in [2.75, 3.05) is 12.4 Å². The number of methoxy groups -OCH3 is 1. The number of carbonyl (C=O) groups is 1. The van der Waals surface area contributed by atoms with Gasteiger partial charge in [0.25, 0.3) is 5.91 Å². The van der Waals surface area contributed by atoms with E-state index < -0.39 is 0 Å². The van der Waals surface area contributed by atoms with E-state index in [4.69, 9.17) is 32.4 Å². The second-order valence-corrected chi connectivity index (χ2v) is 6.66. The summed E-state index contributed by atoms with van der Waals surface area (Å²) < 4.78 is 11.2. The summed E-state index contributed by atoms with van der Waals surface area (Å²) in [4.78, 5) is 15.6. The molecule has 3 rings (SSSR count). The first-order valence-electron chi connectivity index (χ1n) is 7.69. The van der Waals surface area contributed by atoms with Crippen LogP contribution in [0, 0.1) is 0 Å². The number of H-pyrrole nitrogens is 1. The number of aromatic nitrogens is 1. The minimum absolute atomic E-state index is 0.182. The second-order valence-electron chi connectivity index (χ2n) is 5.84. The van der Waals surface area contributed by atoms with E-state index in [1.54, 1.807) is 31.6 Å². The summed E-state index contributed by atoms with van der Waals surface area (Å²) >= 11 is 12.2. The van der Waals surface area contributed by atoms with E-state index in [2.05, 4.69) is 10.3 Å². The molecule has 0 spiro atoms. The van der Waals surface area contributed by atoms with Gasteiger partial charge in [-0.25, -0.2) is 4.98 Å². The Morgan fingerprint density at radius 2 is 1.92 bits per heavy atom. The molecule has 130 valence electrons. The standard InChI is InChI=1S/C18H16Cl2N2O3/c1-9(2)15-6-11-10(4-5-14(24-3)17(11)25-15)18(23)22-16-12(19)7-21-8-13(16)20/h4-9H,1-3H3,(H,21,22,23)/p+1. The molecule has 0 unspecified atom stereocenters. The molecule has 2 heterocycles. The first kappa shape index (κ1) is 17.6. The van der Waals surface area contributed by atoms with Gasteiger partial charge < -0.3 is 14.5 Å². The van der Waals surface area contributed by atoms with Gasteiger partial charge >= 0.3 is 0 Å². The van der Waals surface area contributed by atoms with Crippen LogP contribution >= 0.6 is 23.2 Å². The van der Waals surface area contributed by atoms with Crippen LogP contribution in [0.15, 0.2) is 35.0 Å². The van der Waals surface area contributed by atoms with Crippen molar-refractivity contribution in [1.29, 1.82) is 0 Å². The average Bonchev–Trinajstić information content (AvgIpc) is 3.02. The number of halogens is 2. The molecule has 0 aliphatic rings. The van der Waals surface area contributed by atoms with Crippen LogP contribution in [-0.4, -0.2) is 13.0 Å². The summed E-state index contributed by atoms with van der Waals surface area (Å²) in [5.74, 6) is 1.20. The third kappa shape index (κ3) is 3.30. The number of benzene rings is 1. The zero-order chi connectivity index (χ0) is 18.1. The number of ether oxygens (including phenoxy) is 1. The Balaban J connectivity index is 2.07. The largest absolute Gasteiger partial charge is 0.493 e. The number of hydrogen-bond donors (Lipinski definition) is 1. The molecular formula is C18H17Cl2N2O3+. The number of anilines is 1. The van der Waals surface area contributed by atoms with Gasteiger partial charge in [-0.15, -0.1) is 0 Å². The summed E-state index contributed by atoms with van der Waals surface area (Å²) in [6.07, 6.45) is 3.09. The van der Waals surface area contributed by atoms with E-state index in [0.29, 0.717) is 38.0 Å². The predicted octanol–water partition coefficient (Wildman–Crippen LogP) is 4.94. The van der Waals surface area contributed by atoms with E-state index in [1.165, 1.54) is 0 Å². The fraction of sp³-hybridized carbons (Fsp3) is 0.222. The lowest BCUT2D eigenvalue weighted by atomic mass is 10.1. The van der Waals surface area contributed by atoms with Gasteiger partial charge in [-0.3, -0.25) is 4.79 Å². The molecule has 0 radical (unpaired) electrons. The van der Waals surface area contributed by atoms with Gasteiger partial charge in [0.2, 0.25) is 0 Å². The van der Waals surface area contributed by atoms with Crippen LogP contribution in [0.3, 0.4) is 0 Å². The van der Waals surface area contributed by atoms with Crippen molar-refractivity contribution in [3.05, 3.63) is 52.0 Å². The summed E-state index contributed by atoms with van der Waals surface area (Å²) in [6, 6.07) is 5.25. The monoisotopic (exact) mass is 379 g/mol. The Hall–Kier alpha value is -2.24. The fourth-order valence-electron chi connectivity index (χ4n) is 2.51. The summed E-state index contributed by atoms with van der Waals surface area (Å²) in [5.41, 5.74) is 1.34. The van der Waals surface area contributed by atoms with Crippen LogP contribution < -0.4 is 15.0 Å². The van der Waals surface area contributed by atoms with Gasteiger partial charge in [0.05, 0.1) is 18.4 Å². The summed E-state index contributed by atoms with van der Waals surface area (Å²) in [7, 11) is 1.56. The van der Waals surface area contributed by atoms with Crippen LogP contribution in [-0.2, 0) is 0 Å². The molecule has 1 aromatic carbocycles. The van der Waals surface area contributed by atoms with Gasteiger partial charge in [-0.05, 0) is 18.2 Å². The number of fused-ring (bicyclic) bond motifs is 1. The Morgan fingerprint density at radius 3 is 2.52 bits per heavy atom. The highest BCUT2D eigenvalue weighted by molar-refractivity contribution is 6.39. The molecule has 7 heteroatoms. The Morgan fingerprint density at radius 1 is 1.24 bits per heavy atom. The maximum absolute atomic E-state index is 12.8. The Labute approximate surface area is 154 Å². The number of hydrogen-bond acceptors (Lipinski definition) is 3. The van der Waals surface area contributed by atoms with Crippen molar-refractivity contribution in [1.82, 2.24) is 0 Å². The summed E-state index contributed by atoms with van der Waals surface area (Å²) in [6.45, 7) is 4.04. The maximum atomic E-state index is 12.8. The molecule has 0 aliphatic heterocycles. The molecule has 2 aromatic heterocycles. The Bertz CT molecular complexity index is 931. The molecule has 1 amide bonds.